The lowest BCUT2D eigenvalue weighted by Gasteiger charge is -2.12. The second-order valence-corrected chi connectivity index (χ2v) is 5.30. The molecule has 0 aliphatic heterocycles. The molecule has 1 rings (SSSR count). The van der Waals surface area contributed by atoms with Gasteiger partial charge in [0.2, 0.25) is 10.0 Å². The topological polar surface area (TPSA) is 72.2 Å². The van der Waals surface area contributed by atoms with Gasteiger partial charge in [-0.2, -0.15) is 0 Å². The fraction of sp³-hybridized carbons (Fsp3) is 0.333. The van der Waals surface area contributed by atoms with Crippen molar-refractivity contribution in [2.75, 3.05) is 11.3 Å². The number of halogens is 1. The van der Waals surface area contributed by atoms with Crippen LogP contribution in [-0.2, 0) is 10.0 Å². The Bertz CT molecular complexity index is 416. The first-order chi connectivity index (χ1) is 6.95. The van der Waals surface area contributed by atoms with Gasteiger partial charge < -0.3 is 5.73 Å². The van der Waals surface area contributed by atoms with Crippen molar-refractivity contribution in [1.82, 2.24) is 0 Å². The Hall–Kier alpha value is -1.14. The van der Waals surface area contributed by atoms with E-state index in [1.807, 2.05) is 0 Å². The molecule has 1 aromatic carbocycles. The molecule has 1 unspecified atom stereocenters. The number of benzene rings is 1. The van der Waals surface area contributed by atoms with Crippen molar-refractivity contribution in [3.8, 4) is 0 Å². The molecule has 6 heteroatoms. The zero-order valence-corrected chi connectivity index (χ0v) is 9.09. The van der Waals surface area contributed by atoms with Crippen LogP contribution in [0.25, 0.3) is 0 Å². The van der Waals surface area contributed by atoms with Crippen LogP contribution in [0.5, 0.6) is 0 Å². The van der Waals surface area contributed by atoms with Crippen LogP contribution in [0.3, 0.4) is 0 Å². The highest BCUT2D eigenvalue weighted by Crippen LogP contribution is 2.12. The number of nitrogens with two attached hydrogens (primary N) is 1. The molecule has 3 N–H and O–H groups in total. The first-order valence-corrected chi connectivity index (χ1v) is 5.97. The van der Waals surface area contributed by atoms with Gasteiger partial charge in [-0.05, 0) is 31.2 Å². The lowest BCUT2D eigenvalue weighted by molar-refractivity contribution is 0.589. The van der Waals surface area contributed by atoms with E-state index in [-0.39, 0.29) is 6.54 Å². The van der Waals surface area contributed by atoms with E-state index in [0.29, 0.717) is 5.69 Å². The number of rotatable bonds is 4. The van der Waals surface area contributed by atoms with Crippen LogP contribution in [-0.4, -0.2) is 20.2 Å². The van der Waals surface area contributed by atoms with Gasteiger partial charge in [-0.25, -0.2) is 12.8 Å². The van der Waals surface area contributed by atoms with Gasteiger partial charge in [-0.1, -0.05) is 0 Å². The average molecular weight is 232 g/mol. The summed E-state index contributed by atoms with van der Waals surface area (Å²) in [6, 6.07) is 5.09. The number of hydrogen-bond donors (Lipinski definition) is 2. The monoisotopic (exact) mass is 232 g/mol. The molecule has 0 fully saturated rings. The Kier molecular flexibility index (Phi) is 3.65. The van der Waals surface area contributed by atoms with E-state index in [0.717, 1.165) is 0 Å². The first-order valence-electron chi connectivity index (χ1n) is 4.43. The summed E-state index contributed by atoms with van der Waals surface area (Å²) in [7, 11) is -3.47. The minimum Gasteiger partial charge on any atom is -0.329 e. The third kappa shape index (κ3) is 3.17. The SMILES string of the molecule is CC(CN)S(=O)(=O)Nc1ccc(F)cc1. The molecule has 0 amide bonds. The summed E-state index contributed by atoms with van der Waals surface area (Å²) in [6.45, 7) is 1.54. The predicted molar refractivity (Wildman–Crippen MR) is 57.5 cm³/mol. The molecule has 0 aliphatic carbocycles. The average Bonchev–Trinajstić information content (AvgIpc) is 2.20. The summed E-state index contributed by atoms with van der Waals surface area (Å²) in [4.78, 5) is 0. The molecule has 0 radical (unpaired) electrons. The van der Waals surface area contributed by atoms with E-state index in [2.05, 4.69) is 4.72 Å². The number of hydrogen-bond acceptors (Lipinski definition) is 3. The molecule has 1 atom stereocenters. The van der Waals surface area contributed by atoms with Crippen LogP contribution < -0.4 is 10.5 Å². The molecule has 15 heavy (non-hydrogen) atoms. The largest absolute Gasteiger partial charge is 0.329 e. The van der Waals surface area contributed by atoms with Crippen molar-refractivity contribution in [3.05, 3.63) is 30.1 Å². The van der Waals surface area contributed by atoms with Crippen LogP contribution >= 0.6 is 0 Å². The van der Waals surface area contributed by atoms with E-state index in [4.69, 9.17) is 5.73 Å². The van der Waals surface area contributed by atoms with Gasteiger partial charge >= 0.3 is 0 Å². The molecule has 0 bridgehead atoms. The van der Waals surface area contributed by atoms with Crippen molar-refractivity contribution >= 4 is 15.7 Å². The summed E-state index contributed by atoms with van der Waals surface area (Å²) in [5.41, 5.74) is 5.59. The third-order valence-corrected chi connectivity index (χ3v) is 3.74. The molecule has 84 valence electrons. The van der Waals surface area contributed by atoms with Gasteiger partial charge in [0.25, 0.3) is 0 Å². The van der Waals surface area contributed by atoms with Gasteiger partial charge in [0.15, 0.2) is 0 Å². The Morgan fingerprint density at radius 2 is 1.93 bits per heavy atom. The van der Waals surface area contributed by atoms with Crippen LogP contribution in [0.15, 0.2) is 24.3 Å². The minimum atomic E-state index is -3.47. The molecule has 4 nitrogen and oxygen atoms in total. The van der Waals surface area contributed by atoms with Crippen LogP contribution in [0.1, 0.15) is 6.92 Å². The summed E-state index contributed by atoms with van der Waals surface area (Å²) >= 11 is 0. The quantitative estimate of drug-likeness (QED) is 0.810. The van der Waals surface area contributed by atoms with Gasteiger partial charge in [-0.15, -0.1) is 0 Å². The maximum absolute atomic E-state index is 12.5. The van der Waals surface area contributed by atoms with Crippen molar-refractivity contribution in [3.63, 3.8) is 0 Å². The van der Waals surface area contributed by atoms with Gasteiger partial charge in [-0.3, -0.25) is 4.72 Å². The van der Waals surface area contributed by atoms with Crippen LogP contribution in [0, 0.1) is 5.82 Å². The fourth-order valence-corrected chi connectivity index (χ4v) is 1.83. The van der Waals surface area contributed by atoms with Crippen LogP contribution in [0.2, 0.25) is 0 Å². The fourth-order valence-electron chi connectivity index (χ4n) is 0.909. The zero-order chi connectivity index (χ0) is 11.5. The van der Waals surface area contributed by atoms with Gasteiger partial charge in [0.1, 0.15) is 5.82 Å². The smallest absolute Gasteiger partial charge is 0.236 e. The van der Waals surface area contributed by atoms with E-state index >= 15 is 0 Å². The number of nitrogens with one attached hydrogen (secondary N) is 1. The Labute approximate surface area is 88.3 Å². The van der Waals surface area contributed by atoms with Crippen LogP contribution in [0.4, 0.5) is 10.1 Å². The second kappa shape index (κ2) is 4.59. The van der Waals surface area contributed by atoms with E-state index in [9.17, 15) is 12.8 Å². The summed E-state index contributed by atoms with van der Waals surface area (Å²) in [5.74, 6) is -0.412. The van der Waals surface area contributed by atoms with Crippen molar-refractivity contribution < 1.29 is 12.8 Å². The van der Waals surface area contributed by atoms with Gasteiger partial charge in [0, 0.05) is 12.2 Å². The zero-order valence-electron chi connectivity index (χ0n) is 8.27. The molecule has 0 spiro atoms. The molecule has 0 heterocycles. The molecular formula is C9H13FN2O2S. The lowest BCUT2D eigenvalue weighted by Crippen LogP contribution is -2.31. The Morgan fingerprint density at radius 3 is 2.40 bits per heavy atom. The molecule has 0 saturated carbocycles. The summed E-state index contributed by atoms with van der Waals surface area (Å²) < 4.78 is 37.9. The Morgan fingerprint density at radius 1 is 1.40 bits per heavy atom. The molecule has 0 saturated heterocycles. The van der Waals surface area contributed by atoms with Crippen molar-refractivity contribution in [2.24, 2.45) is 5.73 Å². The molecule has 0 aliphatic rings. The molecule has 1 aromatic rings. The molecular weight excluding hydrogens is 219 g/mol. The summed E-state index contributed by atoms with van der Waals surface area (Å²) in [5, 5.41) is -0.678. The normalized spacial score (nSPS) is 13.5. The van der Waals surface area contributed by atoms with E-state index in [1.54, 1.807) is 0 Å². The first kappa shape index (κ1) is 11.9. The van der Waals surface area contributed by atoms with Gasteiger partial charge in [0.05, 0.1) is 5.25 Å². The third-order valence-electron chi connectivity index (χ3n) is 1.97. The van der Waals surface area contributed by atoms with E-state index in [1.165, 1.54) is 31.2 Å². The van der Waals surface area contributed by atoms with E-state index < -0.39 is 21.1 Å². The molecule has 0 aromatic heterocycles. The number of sulfonamides is 1. The Balaban J connectivity index is 2.82. The number of anilines is 1. The van der Waals surface area contributed by atoms with Crippen molar-refractivity contribution in [1.29, 1.82) is 0 Å². The highest BCUT2D eigenvalue weighted by Gasteiger charge is 2.18. The highest BCUT2D eigenvalue weighted by molar-refractivity contribution is 7.93. The maximum Gasteiger partial charge on any atom is 0.236 e. The second-order valence-electron chi connectivity index (χ2n) is 3.20. The lowest BCUT2D eigenvalue weighted by atomic mass is 10.3. The standard InChI is InChI=1S/C9H13FN2O2S/c1-7(6-11)15(13,14)12-9-4-2-8(10)3-5-9/h2-5,7,12H,6,11H2,1H3. The minimum absolute atomic E-state index is 0.0382. The maximum atomic E-state index is 12.5. The predicted octanol–water partition coefficient (Wildman–Crippen LogP) is 0.915. The van der Waals surface area contributed by atoms with Crippen molar-refractivity contribution in [2.45, 2.75) is 12.2 Å². The highest BCUT2D eigenvalue weighted by atomic mass is 32.2. The summed E-state index contributed by atoms with van der Waals surface area (Å²) in [6.07, 6.45) is 0.